The number of hydrogen-bond donors (Lipinski definition) is 1. The molecule has 2 heterocycles. The van der Waals surface area contributed by atoms with Crippen molar-refractivity contribution in [3.63, 3.8) is 0 Å². The van der Waals surface area contributed by atoms with Crippen molar-refractivity contribution in [2.45, 2.75) is 26.3 Å². The van der Waals surface area contributed by atoms with Crippen molar-refractivity contribution in [3.8, 4) is 17.2 Å². The molecule has 1 aromatic heterocycles. The van der Waals surface area contributed by atoms with Crippen molar-refractivity contribution in [3.05, 3.63) is 59.0 Å². The Morgan fingerprint density at radius 1 is 1.10 bits per heavy atom. The maximum absolute atomic E-state index is 12.9. The first-order chi connectivity index (χ1) is 14.7. The maximum atomic E-state index is 12.9. The average Bonchev–Trinajstić information content (AvgIpc) is 2.76. The minimum atomic E-state index is -0.302. The molecule has 0 atom stereocenters. The highest BCUT2D eigenvalue weighted by Gasteiger charge is 2.14. The first-order valence-electron chi connectivity index (χ1n) is 10.1. The zero-order valence-corrected chi connectivity index (χ0v) is 16.8. The van der Waals surface area contributed by atoms with E-state index in [2.05, 4.69) is 12.2 Å². The van der Waals surface area contributed by atoms with E-state index in [9.17, 15) is 9.59 Å². The first kappa shape index (κ1) is 19.8. The van der Waals surface area contributed by atoms with E-state index in [-0.39, 0.29) is 18.0 Å². The van der Waals surface area contributed by atoms with E-state index in [0.29, 0.717) is 48.1 Å². The van der Waals surface area contributed by atoms with Crippen LogP contribution < -0.4 is 25.1 Å². The van der Waals surface area contributed by atoms with Crippen molar-refractivity contribution in [2.75, 3.05) is 25.1 Å². The number of carbonyl (C=O) groups is 1. The predicted octanol–water partition coefficient (Wildman–Crippen LogP) is 3.59. The molecular formula is C23H24N2O5. The Morgan fingerprint density at radius 3 is 2.77 bits per heavy atom. The van der Waals surface area contributed by atoms with E-state index in [1.54, 1.807) is 36.5 Å². The molecular weight excluding hydrogens is 384 g/mol. The molecule has 1 aliphatic rings. The van der Waals surface area contributed by atoms with Crippen LogP contribution in [0.3, 0.4) is 0 Å². The monoisotopic (exact) mass is 408 g/mol. The molecule has 0 spiro atoms. The quantitative estimate of drug-likeness (QED) is 0.605. The molecule has 0 fully saturated rings. The van der Waals surface area contributed by atoms with Crippen molar-refractivity contribution in [2.24, 2.45) is 0 Å². The van der Waals surface area contributed by atoms with E-state index in [0.717, 1.165) is 18.2 Å². The summed E-state index contributed by atoms with van der Waals surface area (Å²) < 4.78 is 18.2. The highest BCUT2D eigenvalue weighted by Crippen LogP contribution is 2.32. The van der Waals surface area contributed by atoms with Crippen molar-refractivity contribution < 1.29 is 19.0 Å². The van der Waals surface area contributed by atoms with Crippen LogP contribution in [0.5, 0.6) is 17.2 Å². The van der Waals surface area contributed by atoms with Crippen LogP contribution in [0.25, 0.3) is 10.8 Å². The smallest absolute Gasteiger partial charge is 0.259 e. The van der Waals surface area contributed by atoms with E-state index in [4.69, 9.17) is 14.2 Å². The minimum Gasteiger partial charge on any atom is -0.493 e. The van der Waals surface area contributed by atoms with Gasteiger partial charge in [-0.1, -0.05) is 19.4 Å². The van der Waals surface area contributed by atoms with Crippen LogP contribution in [-0.2, 0) is 11.3 Å². The summed E-state index contributed by atoms with van der Waals surface area (Å²) in [7, 11) is 0. The molecule has 7 heteroatoms. The van der Waals surface area contributed by atoms with Crippen LogP contribution in [0.15, 0.2) is 53.5 Å². The lowest BCUT2D eigenvalue weighted by atomic mass is 10.1. The van der Waals surface area contributed by atoms with E-state index >= 15 is 0 Å². The highest BCUT2D eigenvalue weighted by atomic mass is 16.6. The number of anilines is 1. The van der Waals surface area contributed by atoms with Crippen molar-refractivity contribution in [1.82, 2.24) is 4.57 Å². The fourth-order valence-electron chi connectivity index (χ4n) is 3.34. The number of aromatic nitrogens is 1. The molecule has 2 aromatic carbocycles. The lowest BCUT2D eigenvalue weighted by molar-refractivity contribution is -0.116. The van der Waals surface area contributed by atoms with Gasteiger partial charge in [0.25, 0.3) is 5.56 Å². The fourth-order valence-corrected chi connectivity index (χ4v) is 3.34. The third-order valence-electron chi connectivity index (χ3n) is 4.87. The van der Waals surface area contributed by atoms with Crippen LogP contribution in [0.2, 0.25) is 0 Å². The molecule has 0 unspecified atom stereocenters. The van der Waals surface area contributed by atoms with Crippen LogP contribution in [0.1, 0.15) is 19.8 Å². The summed E-state index contributed by atoms with van der Waals surface area (Å²) in [6.45, 7) is 3.60. The number of benzene rings is 2. The summed E-state index contributed by atoms with van der Waals surface area (Å²) in [5.74, 6) is 1.63. The number of carbonyl (C=O) groups excluding carboxylic acids is 1. The summed E-state index contributed by atoms with van der Waals surface area (Å²) in [6, 6.07) is 12.4. The van der Waals surface area contributed by atoms with E-state index < -0.39 is 0 Å². The standard InChI is InChI=1S/C23H24N2O5/c1-2-3-11-28-19-6-4-5-18-17(19)9-10-25(23(18)27)15-22(26)24-16-7-8-20-21(14-16)30-13-12-29-20/h4-10,14H,2-3,11-13,15H2,1H3,(H,24,26). The second kappa shape index (κ2) is 8.90. The number of rotatable bonds is 7. The zero-order chi connectivity index (χ0) is 20.9. The van der Waals surface area contributed by atoms with Gasteiger partial charge in [-0.2, -0.15) is 0 Å². The van der Waals surface area contributed by atoms with Crippen LogP contribution in [0.4, 0.5) is 5.69 Å². The summed E-state index contributed by atoms with van der Waals surface area (Å²) in [4.78, 5) is 25.4. The van der Waals surface area contributed by atoms with Crippen LogP contribution in [-0.4, -0.2) is 30.3 Å². The summed E-state index contributed by atoms with van der Waals surface area (Å²) in [5.41, 5.74) is 0.357. The van der Waals surface area contributed by atoms with Gasteiger partial charge in [-0.25, -0.2) is 0 Å². The molecule has 0 aliphatic carbocycles. The Labute approximate surface area is 174 Å². The van der Waals surface area contributed by atoms with Gasteiger partial charge < -0.3 is 24.1 Å². The van der Waals surface area contributed by atoms with Gasteiger partial charge in [-0.05, 0) is 36.8 Å². The Hall–Kier alpha value is -3.48. The van der Waals surface area contributed by atoms with Gasteiger partial charge >= 0.3 is 0 Å². The Balaban J connectivity index is 1.50. The summed E-state index contributed by atoms with van der Waals surface area (Å²) in [5, 5.41) is 4.08. The molecule has 0 saturated heterocycles. The molecule has 0 bridgehead atoms. The molecule has 0 saturated carbocycles. The number of amides is 1. The highest BCUT2D eigenvalue weighted by molar-refractivity contribution is 5.92. The fraction of sp³-hybridized carbons (Fsp3) is 0.304. The zero-order valence-electron chi connectivity index (χ0n) is 16.8. The van der Waals surface area contributed by atoms with Gasteiger partial charge in [0.15, 0.2) is 11.5 Å². The largest absolute Gasteiger partial charge is 0.493 e. The number of nitrogens with one attached hydrogen (secondary N) is 1. The second-order valence-electron chi connectivity index (χ2n) is 7.07. The molecule has 3 aromatic rings. The number of ether oxygens (including phenoxy) is 3. The molecule has 1 aliphatic heterocycles. The molecule has 1 N–H and O–H groups in total. The summed E-state index contributed by atoms with van der Waals surface area (Å²) in [6.07, 6.45) is 3.62. The maximum Gasteiger partial charge on any atom is 0.259 e. The number of pyridine rings is 1. The second-order valence-corrected chi connectivity index (χ2v) is 7.07. The van der Waals surface area contributed by atoms with Gasteiger partial charge in [-0.15, -0.1) is 0 Å². The van der Waals surface area contributed by atoms with Gasteiger partial charge in [0.05, 0.1) is 12.0 Å². The lowest BCUT2D eigenvalue weighted by Crippen LogP contribution is -2.27. The Kier molecular flexibility index (Phi) is 5.88. The van der Waals surface area contributed by atoms with Gasteiger partial charge in [0, 0.05) is 23.3 Å². The number of nitrogens with zero attached hydrogens (tertiary/aromatic N) is 1. The van der Waals surface area contributed by atoms with Crippen molar-refractivity contribution in [1.29, 1.82) is 0 Å². The van der Waals surface area contributed by atoms with Gasteiger partial charge in [0.2, 0.25) is 5.91 Å². The van der Waals surface area contributed by atoms with Gasteiger partial charge in [-0.3, -0.25) is 9.59 Å². The van der Waals surface area contributed by atoms with E-state index in [1.165, 1.54) is 4.57 Å². The van der Waals surface area contributed by atoms with E-state index in [1.807, 2.05) is 12.1 Å². The molecule has 4 rings (SSSR count). The number of unbranched alkanes of at least 4 members (excludes halogenated alkanes) is 1. The minimum absolute atomic E-state index is 0.0931. The molecule has 30 heavy (non-hydrogen) atoms. The Morgan fingerprint density at radius 2 is 1.93 bits per heavy atom. The molecule has 156 valence electrons. The normalized spacial score (nSPS) is 12.6. The molecule has 7 nitrogen and oxygen atoms in total. The number of hydrogen-bond acceptors (Lipinski definition) is 5. The third kappa shape index (κ3) is 4.25. The van der Waals surface area contributed by atoms with Crippen LogP contribution in [0, 0.1) is 0 Å². The first-order valence-corrected chi connectivity index (χ1v) is 10.1. The third-order valence-corrected chi connectivity index (χ3v) is 4.87. The molecule has 0 radical (unpaired) electrons. The summed E-state index contributed by atoms with van der Waals surface area (Å²) >= 11 is 0. The predicted molar refractivity (Wildman–Crippen MR) is 115 cm³/mol. The SMILES string of the molecule is CCCCOc1cccc2c(=O)n(CC(=O)Nc3ccc4c(c3)OCCO4)ccc12. The molecule has 1 amide bonds. The van der Waals surface area contributed by atoms with Crippen LogP contribution >= 0.6 is 0 Å². The average molecular weight is 408 g/mol. The Bertz CT molecular complexity index is 1120. The number of fused-ring (bicyclic) bond motifs is 2. The van der Waals surface area contributed by atoms with Gasteiger partial charge in [0.1, 0.15) is 25.5 Å². The van der Waals surface area contributed by atoms with Crippen molar-refractivity contribution >= 4 is 22.4 Å². The lowest BCUT2D eigenvalue weighted by Gasteiger charge is -2.19. The topological polar surface area (TPSA) is 78.8 Å².